The molecule has 148 valence electrons. The summed E-state index contributed by atoms with van der Waals surface area (Å²) in [5.74, 6) is -0.817. The Kier molecular flexibility index (Phi) is 5.86. The third-order valence-corrected chi connectivity index (χ3v) is 6.77. The SMILES string of the molecule is CC1CCN(C(=O)CCc2ccc(S(=O)(=O)NC3CC3)cc2)C(C(=O)O)C1. The maximum absolute atomic E-state index is 12.5. The van der Waals surface area contributed by atoms with Crippen LogP contribution in [0.3, 0.4) is 0 Å². The molecule has 1 aromatic rings. The standard InChI is InChI=1S/C19H26N2O5S/c1-13-10-11-21(17(12-13)19(23)24)18(22)9-4-14-2-7-16(8-3-14)27(25,26)20-15-5-6-15/h2-3,7-8,13,15,17,20H,4-6,9-12H2,1H3,(H,23,24). The van der Waals surface area contributed by atoms with E-state index >= 15 is 0 Å². The summed E-state index contributed by atoms with van der Waals surface area (Å²) in [5.41, 5.74) is 0.853. The Morgan fingerprint density at radius 2 is 1.85 bits per heavy atom. The Hall–Kier alpha value is -1.93. The summed E-state index contributed by atoms with van der Waals surface area (Å²) in [5, 5.41) is 9.38. The topological polar surface area (TPSA) is 104 Å². The van der Waals surface area contributed by atoms with Crippen LogP contribution in [0.25, 0.3) is 0 Å². The van der Waals surface area contributed by atoms with Crippen LogP contribution in [-0.4, -0.2) is 48.9 Å². The van der Waals surface area contributed by atoms with Crippen molar-refractivity contribution in [2.45, 2.75) is 62.4 Å². The number of carbonyl (C=O) groups is 2. The lowest BCUT2D eigenvalue weighted by Crippen LogP contribution is -2.49. The summed E-state index contributed by atoms with van der Waals surface area (Å²) in [6.07, 6.45) is 3.73. The number of sulfonamides is 1. The minimum Gasteiger partial charge on any atom is -0.480 e. The zero-order valence-corrected chi connectivity index (χ0v) is 16.2. The second-order valence-electron chi connectivity index (χ2n) is 7.61. The molecular formula is C19H26N2O5S. The number of nitrogens with one attached hydrogen (secondary N) is 1. The van der Waals surface area contributed by atoms with E-state index in [-0.39, 0.29) is 23.3 Å². The van der Waals surface area contributed by atoms with Gasteiger partial charge >= 0.3 is 5.97 Å². The first kappa shape index (κ1) is 19.8. The number of amides is 1. The highest BCUT2D eigenvalue weighted by Crippen LogP contribution is 2.24. The van der Waals surface area contributed by atoms with Crippen LogP contribution in [0.5, 0.6) is 0 Å². The lowest BCUT2D eigenvalue weighted by molar-refractivity contribution is -0.153. The molecule has 1 saturated carbocycles. The van der Waals surface area contributed by atoms with Gasteiger partial charge in [-0.15, -0.1) is 0 Å². The Morgan fingerprint density at radius 3 is 2.44 bits per heavy atom. The fraction of sp³-hybridized carbons (Fsp3) is 0.579. The molecule has 0 bridgehead atoms. The van der Waals surface area contributed by atoms with Gasteiger partial charge in [0.05, 0.1) is 4.90 Å². The second kappa shape index (κ2) is 7.98. The number of aliphatic carboxylic acids is 1. The van der Waals surface area contributed by atoms with Gasteiger partial charge in [0, 0.05) is 19.0 Å². The molecule has 2 N–H and O–H groups in total. The molecule has 2 unspecified atom stereocenters. The van der Waals surface area contributed by atoms with Crippen molar-refractivity contribution >= 4 is 21.9 Å². The maximum Gasteiger partial charge on any atom is 0.326 e. The third-order valence-electron chi connectivity index (χ3n) is 5.23. The average Bonchev–Trinajstić information content (AvgIpc) is 3.43. The van der Waals surface area contributed by atoms with Crippen molar-refractivity contribution in [3.63, 3.8) is 0 Å². The lowest BCUT2D eigenvalue weighted by Gasteiger charge is -2.36. The fourth-order valence-electron chi connectivity index (χ4n) is 3.39. The van der Waals surface area contributed by atoms with Crippen LogP contribution in [0.2, 0.25) is 0 Å². The molecule has 1 aliphatic heterocycles. The van der Waals surface area contributed by atoms with Crippen LogP contribution in [0, 0.1) is 5.92 Å². The Morgan fingerprint density at radius 1 is 1.19 bits per heavy atom. The zero-order valence-electron chi connectivity index (χ0n) is 15.4. The van der Waals surface area contributed by atoms with Gasteiger partial charge in [0.25, 0.3) is 0 Å². The Bertz CT molecular complexity index is 802. The smallest absolute Gasteiger partial charge is 0.326 e. The number of nitrogens with zero attached hydrogens (tertiary/aromatic N) is 1. The molecular weight excluding hydrogens is 368 g/mol. The quantitative estimate of drug-likeness (QED) is 0.734. The van der Waals surface area contributed by atoms with E-state index in [0.717, 1.165) is 24.8 Å². The van der Waals surface area contributed by atoms with Crippen molar-refractivity contribution < 1.29 is 23.1 Å². The van der Waals surface area contributed by atoms with Gasteiger partial charge in [0.15, 0.2) is 0 Å². The summed E-state index contributed by atoms with van der Waals surface area (Å²) >= 11 is 0. The van der Waals surface area contributed by atoms with Crippen LogP contribution >= 0.6 is 0 Å². The normalized spacial score (nSPS) is 23.2. The molecule has 0 spiro atoms. The molecule has 1 aromatic carbocycles. The first-order valence-corrected chi connectivity index (χ1v) is 10.9. The number of hydrogen-bond donors (Lipinski definition) is 2. The predicted molar refractivity (Wildman–Crippen MR) is 99.6 cm³/mol. The van der Waals surface area contributed by atoms with Gasteiger partial charge < -0.3 is 10.0 Å². The first-order chi connectivity index (χ1) is 12.8. The van der Waals surface area contributed by atoms with E-state index in [2.05, 4.69) is 4.72 Å². The maximum atomic E-state index is 12.5. The van der Waals surface area contributed by atoms with Crippen molar-refractivity contribution in [1.29, 1.82) is 0 Å². The summed E-state index contributed by atoms with van der Waals surface area (Å²) in [6, 6.07) is 5.83. The van der Waals surface area contributed by atoms with E-state index in [1.807, 2.05) is 6.92 Å². The number of carbonyl (C=O) groups excluding carboxylic acids is 1. The highest BCUT2D eigenvalue weighted by Gasteiger charge is 2.34. The molecule has 8 heteroatoms. The number of carboxylic acids is 1. The van der Waals surface area contributed by atoms with E-state index in [1.54, 1.807) is 24.3 Å². The molecule has 2 atom stereocenters. The van der Waals surface area contributed by atoms with Crippen LogP contribution in [-0.2, 0) is 26.0 Å². The van der Waals surface area contributed by atoms with Crippen molar-refractivity contribution in [1.82, 2.24) is 9.62 Å². The molecule has 1 heterocycles. The molecule has 2 fully saturated rings. The van der Waals surface area contributed by atoms with E-state index < -0.39 is 22.0 Å². The molecule has 0 aromatic heterocycles. The summed E-state index contributed by atoms with van der Waals surface area (Å²) in [7, 11) is -3.47. The van der Waals surface area contributed by atoms with Gasteiger partial charge in [0.2, 0.25) is 15.9 Å². The van der Waals surface area contributed by atoms with Crippen LogP contribution in [0.1, 0.15) is 44.6 Å². The number of carboxylic acid groups (broad SMARTS) is 1. The van der Waals surface area contributed by atoms with Crippen LogP contribution < -0.4 is 4.72 Å². The van der Waals surface area contributed by atoms with Crippen molar-refractivity contribution in [3.05, 3.63) is 29.8 Å². The highest BCUT2D eigenvalue weighted by atomic mass is 32.2. The van der Waals surface area contributed by atoms with Gasteiger partial charge in [-0.2, -0.15) is 0 Å². The van der Waals surface area contributed by atoms with Gasteiger partial charge in [0.1, 0.15) is 6.04 Å². The third kappa shape index (κ3) is 5.07. The van der Waals surface area contributed by atoms with Gasteiger partial charge in [-0.05, 0) is 55.7 Å². The number of hydrogen-bond acceptors (Lipinski definition) is 4. The van der Waals surface area contributed by atoms with Crippen molar-refractivity contribution in [2.75, 3.05) is 6.54 Å². The zero-order chi connectivity index (χ0) is 19.6. The number of aryl methyl sites for hydroxylation is 1. The van der Waals surface area contributed by atoms with Crippen molar-refractivity contribution in [3.8, 4) is 0 Å². The molecule has 7 nitrogen and oxygen atoms in total. The summed E-state index contributed by atoms with van der Waals surface area (Å²) in [4.78, 5) is 25.6. The molecule has 27 heavy (non-hydrogen) atoms. The van der Waals surface area contributed by atoms with Gasteiger partial charge in [-0.25, -0.2) is 17.9 Å². The molecule has 3 rings (SSSR count). The Balaban J connectivity index is 1.57. The lowest BCUT2D eigenvalue weighted by atomic mass is 9.92. The fourth-order valence-corrected chi connectivity index (χ4v) is 4.70. The minimum atomic E-state index is -3.47. The number of piperidine rings is 1. The largest absolute Gasteiger partial charge is 0.480 e. The molecule has 2 aliphatic rings. The first-order valence-electron chi connectivity index (χ1n) is 9.40. The Labute approximate surface area is 159 Å². The summed E-state index contributed by atoms with van der Waals surface area (Å²) < 4.78 is 27.0. The number of rotatable bonds is 7. The van der Waals surface area contributed by atoms with Crippen LogP contribution in [0.15, 0.2) is 29.2 Å². The predicted octanol–water partition coefficient (Wildman–Crippen LogP) is 1.77. The molecule has 1 amide bonds. The van der Waals surface area contributed by atoms with Gasteiger partial charge in [-0.3, -0.25) is 4.79 Å². The average molecular weight is 394 g/mol. The molecule has 1 saturated heterocycles. The molecule has 1 aliphatic carbocycles. The molecule has 0 radical (unpaired) electrons. The second-order valence-corrected chi connectivity index (χ2v) is 9.32. The van der Waals surface area contributed by atoms with E-state index in [9.17, 15) is 23.1 Å². The van der Waals surface area contributed by atoms with Crippen molar-refractivity contribution in [2.24, 2.45) is 5.92 Å². The minimum absolute atomic E-state index is 0.0572. The summed E-state index contributed by atoms with van der Waals surface area (Å²) in [6.45, 7) is 2.48. The van der Waals surface area contributed by atoms with E-state index in [0.29, 0.717) is 25.3 Å². The van der Waals surface area contributed by atoms with Gasteiger partial charge in [-0.1, -0.05) is 19.1 Å². The number of benzene rings is 1. The monoisotopic (exact) mass is 394 g/mol. The number of likely N-dealkylation sites (tertiary alicyclic amines) is 1. The highest BCUT2D eigenvalue weighted by molar-refractivity contribution is 7.89. The van der Waals surface area contributed by atoms with E-state index in [4.69, 9.17) is 0 Å². The van der Waals surface area contributed by atoms with E-state index in [1.165, 1.54) is 4.90 Å². The van der Waals surface area contributed by atoms with Crippen LogP contribution in [0.4, 0.5) is 0 Å².